The molecule has 1 fully saturated rings. The summed E-state index contributed by atoms with van der Waals surface area (Å²) in [5.74, 6) is -0.117. The number of nitrogens with zero attached hydrogens (tertiary/aromatic N) is 1. The van der Waals surface area contributed by atoms with Crippen LogP contribution >= 0.6 is 0 Å². The second kappa shape index (κ2) is 6.57. The highest BCUT2D eigenvalue weighted by Crippen LogP contribution is 2.28. The molecule has 19 heavy (non-hydrogen) atoms. The van der Waals surface area contributed by atoms with Gasteiger partial charge in [0.1, 0.15) is 6.04 Å². The first-order valence-electron chi connectivity index (χ1n) is 6.99. The first-order chi connectivity index (χ1) is 9.27. The molecular formula is C15H22N2O2. The van der Waals surface area contributed by atoms with Gasteiger partial charge in [-0.05, 0) is 37.8 Å². The highest BCUT2D eigenvalue weighted by atomic mass is 16.5. The zero-order chi connectivity index (χ0) is 13.7. The van der Waals surface area contributed by atoms with Crippen molar-refractivity contribution in [1.82, 2.24) is 0 Å². The van der Waals surface area contributed by atoms with E-state index in [1.54, 1.807) is 0 Å². The lowest BCUT2D eigenvalue weighted by atomic mass is 9.99. The second-order valence-electron chi connectivity index (χ2n) is 4.79. The highest BCUT2D eigenvalue weighted by Gasteiger charge is 2.30. The summed E-state index contributed by atoms with van der Waals surface area (Å²) in [5, 5.41) is 0. The monoisotopic (exact) mass is 262 g/mol. The number of nitrogens with two attached hydrogens (primary N) is 1. The lowest BCUT2D eigenvalue weighted by molar-refractivity contribution is -0.145. The van der Waals surface area contributed by atoms with Crippen molar-refractivity contribution in [2.24, 2.45) is 5.73 Å². The maximum Gasteiger partial charge on any atom is 0.328 e. The normalized spacial score (nSPS) is 19.3. The summed E-state index contributed by atoms with van der Waals surface area (Å²) in [6, 6.07) is 7.87. The molecule has 104 valence electrons. The minimum Gasteiger partial charge on any atom is -0.464 e. The fraction of sp³-hybridized carbons (Fsp3) is 0.533. The first-order valence-corrected chi connectivity index (χ1v) is 6.99. The zero-order valence-corrected chi connectivity index (χ0v) is 11.5. The van der Waals surface area contributed by atoms with Crippen LogP contribution in [0.15, 0.2) is 24.3 Å². The quantitative estimate of drug-likeness (QED) is 0.844. The van der Waals surface area contributed by atoms with Crippen LogP contribution in [0.4, 0.5) is 5.69 Å². The number of ether oxygens (including phenoxy) is 1. The number of rotatable bonds is 4. The summed E-state index contributed by atoms with van der Waals surface area (Å²) in [6.07, 6.45) is 3.04. The van der Waals surface area contributed by atoms with E-state index in [9.17, 15) is 4.79 Å². The topological polar surface area (TPSA) is 55.6 Å². The Balaban J connectivity index is 2.26. The molecule has 0 amide bonds. The van der Waals surface area contributed by atoms with Gasteiger partial charge in [-0.3, -0.25) is 0 Å². The fourth-order valence-electron chi connectivity index (χ4n) is 2.67. The van der Waals surface area contributed by atoms with E-state index in [1.165, 1.54) is 0 Å². The number of para-hydroxylation sites is 1. The summed E-state index contributed by atoms with van der Waals surface area (Å²) < 4.78 is 5.19. The number of anilines is 1. The van der Waals surface area contributed by atoms with Gasteiger partial charge >= 0.3 is 5.97 Å². The lowest BCUT2D eigenvalue weighted by Crippen LogP contribution is -2.46. The third-order valence-corrected chi connectivity index (χ3v) is 3.58. The van der Waals surface area contributed by atoms with E-state index >= 15 is 0 Å². The molecule has 1 saturated heterocycles. The van der Waals surface area contributed by atoms with Crippen LogP contribution in [0.2, 0.25) is 0 Å². The Morgan fingerprint density at radius 2 is 2.21 bits per heavy atom. The van der Waals surface area contributed by atoms with E-state index < -0.39 is 0 Å². The summed E-state index contributed by atoms with van der Waals surface area (Å²) in [7, 11) is 0. The SMILES string of the molecule is CCOC(=O)[C@@H]1CCCCN1c1ccccc1CN. The van der Waals surface area contributed by atoms with Gasteiger partial charge in [0, 0.05) is 18.8 Å². The Bertz CT molecular complexity index is 434. The van der Waals surface area contributed by atoms with Gasteiger partial charge in [0.15, 0.2) is 0 Å². The average molecular weight is 262 g/mol. The Kier molecular flexibility index (Phi) is 4.80. The Hall–Kier alpha value is -1.55. The molecule has 1 aromatic rings. The molecule has 1 atom stereocenters. The van der Waals surface area contributed by atoms with Crippen LogP contribution in [0, 0.1) is 0 Å². The Morgan fingerprint density at radius 3 is 2.95 bits per heavy atom. The van der Waals surface area contributed by atoms with E-state index in [2.05, 4.69) is 4.90 Å². The van der Waals surface area contributed by atoms with Gasteiger partial charge < -0.3 is 15.4 Å². The van der Waals surface area contributed by atoms with Gasteiger partial charge in [-0.15, -0.1) is 0 Å². The molecule has 4 nitrogen and oxygen atoms in total. The number of esters is 1. The lowest BCUT2D eigenvalue weighted by Gasteiger charge is -2.36. The summed E-state index contributed by atoms with van der Waals surface area (Å²) in [6.45, 7) is 3.66. The van der Waals surface area contributed by atoms with Crippen molar-refractivity contribution >= 4 is 11.7 Å². The van der Waals surface area contributed by atoms with E-state index in [-0.39, 0.29) is 12.0 Å². The molecule has 0 saturated carbocycles. The van der Waals surface area contributed by atoms with E-state index in [1.807, 2.05) is 31.2 Å². The van der Waals surface area contributed by atoms with Gasteiger partial charge in [0.05, 0.1) is 6.61 Å². The molecule has 4 heteroatoms. The largest absolute Gasteiger partial charge is 0.464 e. The molecular weight excluding hydrogens is 240 g/mol. The molecule has 0 aromatic heterocycles. The van der Waals surface area contributed by atoms with Gasteiger partial charge in [0.25, 0.3) is 0 Å². The summed E-state index contributed by atoms with van der Waals surface area (Å²) >= 11 is 0. The van der Waals surface area contributed by atoms with Gasteiger partial charge in [-0.1, -0.05) is 18.2 Å². The molecule has 0 spiro atoms. The number of hydrogen-bond acceptors (Lipinski definition) is 4. The summed E-state index contributed by atoms with van der Waals surface area (Å²) in [5.41, 5.74) is 7.95. The van der Waals surface area contributed by atoms with E-state index in [0.29, 0.717) is 13.2 Å². The minimum absolute atomic E-state index is 0.117. The molecule has 2 N–H and O–H groups in total. The number of benzene rings is 1. The van der Waals surface area contributed by atoms with Crippen molar-refractivity contribution in [2.45, 2.75) is 38.8 Å². The van der Waals surface area contributed by atoms with Crippen molar-refractivity contribution in [3.63, 3.8) is 0 Å². The van der Waals surface area contributed by atoms with Gasteiger partial charge in [0.2, 0.25) is 0 Å². The first kappa shape index (κ1) is 13.9. The van der Waals surface area contributed by atoms with E-state index in [0.717, 1.165) is 37.1 Å². The predicted molar refractivity (Wildman–Crippen MR) is 76.0 cm³/mol. The zero-order valence-electron chi connectivity index (χ0n) is 11.5. The molecule has 0 bridgehead atoms. The smallest absolute Gasteiger partial charge is 0.328 e. The number of piperidine rings is 1. The number of carbonyl (C=O) groups is 1. The Labute approximate surface area is 114 Å². The van der Waals surface area contributed by atoms with Crippen molar-refractivity contribution < 1.29 is 9.53 Å². The van der Waals surface area contributed by atoms with Crippen molar-refractivity contribution in [3.8, 4) is 0 Å². The maximum absolute atomic E-state index is 12.1. The standard InChI is InChI=1S/C15H22N2O2/c1-2-19-15(18)14-9-5-6-10-17(14)13-8-4-3-7-12(13)11-16/h3-4,7-8,14H,2,5-6,9-11,16H2,1H3/t14-/m0/s1. The predicted octanol–water partition coefficient (Wildman–Crippen LogP) is 2.07. The molecule has 1 aromatic carbocycles. The molecule has 0 aliphatic carbocycles. The van der Waals surface area contributed by atoms with Crippen LogP contribution in [0.3, 0.4) is 0 Å². The van der Waals surface area contributed by atoms with Crippen LogP contribution in [0.1, 0.15) is 31.7 Å². The van der Waals surface area contributed by atoms with E-state index in [4.69, 9.17) is 10.5 Å². The van der Waals surface area contributed by atoms with Gasteiger partial charge in [-0.2, -0.15) is 0 Å². The van der Waals surface area contributed by atoms with Crippen molar-refractivity contribution in [2.75, 3.05) is 18.1 Å². The molecule has 1 heterocycles. The third-order valence-electron chi connectivity index (χ3n) is 3.58. The molecule has 1 aliphatic rings. The van der Waals surface area contributed by atoms with Crippen LogP contribution in [0.5, 0.6) is 0 Å². The van der Waals surface area contributed by atoms with Crippen LogP contribution in [-0.4, -0.2) is 25.2 Å². The third kappa shape index (κ3) is 3.07. The number of hydrogen-bond donors (Lipinski definition) is 1. The van der Waals surface area contributed by atoms with Crippen molar-refractivity contribution in [1.29, 1.82) is 0 Å². The fourth-order valence-corrected chi connectivity index (χ4v) is 2.67. The number of carbonyl (C=O) groups excluding carboxylic acids is 1. The Morgan fingerprint density at radius 1 is 1.42 bits per heavy atom. The average Bonchev–Trinajstić information content (AvgIpc) is 2.47. The van der Waals surface area contributed by atoms with Gasteiger partial charge in [-0.25, -0.2) is 4.79 Å². The van der Waals surface area contributed by atoms with Crippen molar-refractivity contribution in [3.05, 3.63) is 29.8 Å². The highest BCUT2D eigenvalue weighted by molar-refractivity contribution is 5.80. The van der Waals surface area contributed by atoms with Crippen LogP contribution < -0.4 is 10.6 Å². The minimum atomic E-state index is -0.165. The maximum atomic E-state index is 12.1. The molecule has 1 aliphatic heterocycles. The molecule has 2 rings (SSSR count). The second-order valence-corrected chi connectivity index (χ2v) is 4.79. The molecule has 0 unspecified atom stereocenters. The summed E-state index contributed by atoms with van der Waals surface area (Å²) in [4.78, 5) is 14.2. The van der Waals surface area contributed by atoms with Crippen LogP contribution in [0.25, 0.3) is 0 Å². The van der Waals surface area contributed by atoms with Crippen LogP contribution in [-0.2, 0) is 16.1 Å². The molecule has 0 radical (unpaired) electrons.